The molecule has 1 amide bonds. The molecule has 0 aliphatic heterocycles. The predicted molar refractivity (Wildman–Crippen MR) is 103 cm³/mol. The van der Waals surface area contributed by atoms with Crippen LogP contribution in [-0.4, -0.2) is 12.1 Å². The van der Waals surface area contributed by atoms with Crippen LogP contribution in [0, 0.1) is 3.57 Å². The summed E-state index contributed by atoms with van der Waals surface area (Å²) >= 11 is 2.10. The zero-order valence-corrected chi connectivity index (χ0v) is 15.8. The third kappa shape index (κ3) is 4.97. The van der Waals surface area contributed by atoms with Crippen molar-refractivity contribution < 1.29 is 22.4 Å². The van der Waals surface area contributed by atoms with E-state index >= 15 is 0 Å². The highest BCUT2D eigenvalue weighted by Crippen LogP contribution is 2.32. The van der Waals surface area contributed by atoms with Crippen molar-refractivity contribution in [1.82, 2.24) is 5.43 Å². The Hall–Kier alpha value is -2.62. The maximum atomic E-state index is 12.8. The van der Waals surface area contributed by atoms with Crippen LogP contribution >= 0.6 is 22.6 Å². The monoisotopic (exact) mass is 484 g/mol. The summed E-state index contributed by atoms with van der Waals surface area (Å²) in [6.07, 6.45) is -3.14. The molecular formula is C19H12F3IN2O2. The van der Waals surface area contributed by atoms with Gasteiger partial charge in [-0.1, -0.05) is 18.2 Å². The third-order valence-electron chi connectivity index (χ3n) is 3.55. The van der Waals surface area contributed by atoms with E-state index in [0.29, 0.717) is 16.9 Å². The lowest BCUT2D eigenvalue weighted by molar-refractivity contribution is -0.137. The molecule has 3 rings (SSSR count). The lowest BCUT2D eigenvalue weighted by atomic mass is 10.1. The van der Waals surface area contributed by atoms with E-state index in [0.717, 1.165) is 15.7 Å². The highest BCUT2D eigenvalue weighted by Gasteiger charge is 2.30. The molecule has 27 heavy (non-hydrogen) atoms. The number of hydrogen-bond acceptors (Lipinski definition) is 3. The molecule has 4 nitrogen and oxygen atoms in total. The van der Waals surface area contributed by atoms with Crippen LogP contribution in [0.4, 0.5) is 13.2 Å². The van der Waals surface area contributed by atoms with E-state index < -0.39 is 11.7 Å². The van der Waals surface area contributed by atoms with Crippen molar-refractivity contribution in [2.45, 2.75) is 6.18 Å². The van der Waals surface area contributed by atoms with Gasteiger partial charge in [-0.3, -0.25) is 4.79 Å². The van der Waals surface area contributed by atoms with Gasteiger partial charge in [0.05, 0.1) is 11.8 Å². The van der Waals surface area contributed by atoms with E-state index in [4.69, 9.17) is 4.42 Å². The van der Waals surface area contributed by atoms with Crippen LogP contribution in [-0.2, 0) is 6.18 Å². The molecule has 2 aromatic carbocycles. The van der Waals surface area contributed by atoms with Gasteiger partial charge in [0.15, 0.2) is 0 Å². The molecular weight excluding hydrogens is 472 g/mol. The Morgan fingerprint density at radius 1 is 1.07 bits per heavy atom. The minimum absolute atomic E-state index is 0.270. The summed E-state index contributed by atoms with van der Waals surface area (Å²) in [4.78, 5) is 12.0. The van der Waals surface area contributed by atoms with Crippen molar-refractivity contribution in [3.05, 3.63) is 81.1 Å². The van der Waals surface area contributed by atoms with Gasteiger partial charge in [-0.25, -0.2) is 5.43 Å². The molecule has 0 aliphatic rings. The molecule has 1 N–H and O–H groups in total. The average Bonchev–Trinajstić information content (AvgIpc) is 3.10. The number of benzene rings is 2. The van der Waals surface area contributed by atoms with E-state index in [9.17, 15) is 18.0 Å². The zero-order chi connectivity index (χ0) is 19.4. The van der Waals surface area contributed by atoms with Crippen LogP contribution in [0.3, 0.4) is 0 Å². The number of rotatable bonds is 4. The van der Waals surface area contributed by atoms with Crippen LogP contribution in [0.5, 0.6) is 0 Å². The number of halogens is 4. The molecule has 0 fully saturated rings. The first-order valence-electron chi connectivity index (χ1n) is 7.69. The first kappa shape index (κ1) is 19.2. The SMILES string of the molecule is O=C(N/N=C\c1ccc(-c2cccc(C(F)(F)F)c2)o1)c1cccc(I)c1. The first-order valence-corrected chi connectivity index (χ1v) is 8.77. The maximum Gasteiger partial charge on any atom is 0.416 e. The summed E-state index contributed by atoms with van der Waals surface area (Å²) in [5.74, 6) is 0.186. The Morgan fingerprint density at radius 3 is 2.59 bits per heavy atom. The first-order chi connectivity index (χ1) is 12.8. The maximum absolute atomic E-state index is 12.8. The standard InChI is InChI=1S/C19H12F3IN2O2/c20-19(21,22)14-5-1-3-12(9-14)17-8-7-16(27-17)11-24-25-18(26)13-4-2-6-15(23)10-13/h1-11H,(H,25,26)/b24-11-. The summed E-state index contributed by atoms with van der Waals surface area (Å²) in [6.45, 7) is 0. The molecule has 1 aromatic heterocycles. The van der Waals surface area contributed by atoms with E-state index in [1.807, 2.05) is 6.07 Å². The molecule has 0 saturated carbocycles. The molecule has 0 bridgehead atoms. The van der Waals surface area contributed by atoms with Crippen molar-refractivity contribution in [3.63, 3.8) is 0 Å². The molecule has 8 heteroatoms. The van der Waals surface area contributed by atoms with Gasteiger partial charge in [-0.2, -0.15) is 18.3 Å². The average molecular weight is 484 g/mol. The minimum Gasteiger partial charge on any atom is -0.455 e. The molecule has 3 aromatic rings. The predicted octanol–water partition coefficient (Wildman–Crippen LogP) is 5.33. The van der Waals surface area contributed by atoms with E-state index in [2.05, 4.69) is 33.1 Å². The lowest BCUT2D eigenvalue weighted by Crippen LogP contribution is -2.17. The normalized spacial score (nSPS) is 11.7. The van der Waals surface area contributed by atoms with Crippen molar-refractivity contribution in [2.24, 2.45) is 5.10 Å². The number of alkyl halides is 3. The molecule has 0 atom stereocenters. The lowest BCUT2D eigenvalue weighted by Gasteiger charge is -2.07. The number of furan rings is 1. The summed E-state index contributed by atoms with van der Waals surface area (Å²) in [7, 11) is 0. The Balaban J connectivity index is 1.69. The highest BCUT2D eigenvalue weighted by molar-refractivity contribution is 14.1. The second kappa shape index (κ2) is 7.95. The van der Waals surface area contributed by atoms with E-state index in [1.165, 1.54) is 24.4 Å². The summed E-state index contributed by atoms with van der Waals surface area (Å²) in [5, 5.41) is 3.81. The minimum atomic E-state index is -4.42. The molecule has 138 valence electrons. The van der Waals surface area contributed by atoms with Gasteiger partial charge in [0.25, 0.3) is 5.91 Å². The number of hydrogen-bond donors (Lipinski definition) is 1. The van der Waals surface area contributed by atoms with Gasteiger partial charge in [-0.15, -0.1) is 0 Å². The topological polar surface area (TPSA) is 54.6 Å². The summed E-state index contributed by atoms with van der Waals surface area (Å²) in [5.41, 5.74) is 2.38. The second-order valence-electron chi connectivity index (χ2n) is 5.49. The summed E-state index contributed by atoms with van der Waals surface area (Å²) in [6, 6.07) is 14.9. The van der Waals surface area contributed by atoms with Crippen molar-refractivity contribution in [3.8, 4) is 11.3 Å². The molecule has 0 spiro atoms. The van der Waals surface area contributed by atoms with Gasteiger partial charge >= 0.3 is 6.18 Å². The van der Waals surface area contributed by atoms with Gasteiger partial charge in [0, 0.05) is 14.7 Å². The van der Waals surface area contributed by atoms with Crippen LogP contribution < -0.4 is 5.43 Å². The highest BCUT2D eigenvalue weighted by atomic mass is 127. The van der Waals surface area contributed by atoms with Gasteiger partial charge in [0.2, 0.25) is 0 Å². The van der Waals surface area contributed by atoms with Crippen molar-refractivity contribution >= 4 is 34.7 Å². The van der Waals surface area contributed by atoms with Crippen LogP contribution in [0.2, 0.25) is 0 Å². The number of nitrogens with one attached hydrogen (secondary N) is 1. The van der Waals surface area contributed by atoms with E-state index in [1.54, 1.807) is 24.3 Å². The molecule has 0 radical (unpaired) electrons. The van der Waals surface area contributed by atoms with Crippen LogP contribution in [0.1, 0.15) is 21.7 Å². The fourth-order valence-corrected chi connectivity index (χ4v) is 2.82. The fourth-order valence-electron chi connectivity index (χ4n) is 2.27. The summed E-state index contributed by atoms with van der Waals surface area (Å²) < 4.78 is 44.8. The number of amides is 1. The van der Waals surface area contributed by atoms with Gasteiger partial charge < -0.3 is 4.42 Å². The quantitative estimate of drug-likeness (QED) is 0.309. The Labute approximate surface area is 166 Å². The molecule has 0 saturated heterocycles. The van der Waals surface area contributed by atoms with Gasteiger partial charge in [-0.05, 0) is 65.1 Å². The number of carbonyl (C=O) groups is 1. The van der Waals surface area contributed by atoms with Crippen LogP contribution in [0.15, 0.2) is 70.2 Å². The Morgan fingerprint density at radius 2 is 1.85 bits per heavy atom. The van der Waals surface area contributed by atoms with Gasteiger partial charge in [0.1, 0.15) is 11.5 Å². The van der Waals surface area contributed by atoms with Crippen molar-refractivity contribution in [1.29, 1.82) is 0 Å². The zero-order valence-electron chi connectivity index (χ0n) is 13.6. The molecule has 1 heterocycles. The fraction of sp³-hybridized carbons (Fsp3) is 0.0526. The second-order valence-corrected chi connectivity index (χ2v) is 6.74. The smallest absolute Gasteiger partial charge is 0.416 e. The number of nitrogens with zero attached hydrogens (tertiary/aromatic N) is 1. The third-order valence-corrected chi connectivity index (χ3v) is 4.22. The molecule has 0 unspecified atom stereocenters. The largest absolute Gasteiger partial charge is 0.455 e. The number of hydrazone groups is 1. The Bertz CT molecular complexity index is 996. The number of carbonyl (C=O) groups excluding carboxylic acids is 1. The van der Waals surface area contributed by atoms with E-state index in [-0.39, 0.29) is 11.7 Å². The van der Waals surface area contributed by atoms with Crippen molar-refractivity contribution in [2.75, 3.05) is 0 Å². The van der Waals surface area contributed by atoms with Crippen LogP contribution in [0.25, 0.3) is 11.3 Å². The molecule has 0 aliphatic carbocycles. The Kier molecular flexibility index (Phi) is 5.64.